The third-order valence-corrected chi connectivity index (χ3v) is 2.66. The summed E-state index contributed by atoms with van der Waals surface area (Å²) in [6.45, 7) is 3.54. The molecule has 1 atom stereocenters. The summed E-state index contributed by atoms with van der Waals surface area (Å²) in [6, 6.07) is 5.07. The maximum atomic E-state index is 13.8. The zero-order chi connectivity index (χ0) is 12.4. The van der Waals surface area contributed by atoms with E-state index in [2.05, 4.69) is 10.3 Å². The normalized spacial score (nSPS) is 12.7. The average molecular weight is 235 g/mol. The molecule has 2 rings (SSSR count). The van der Waals surface area contributed by atoms with Crippen LogP contribution < -0.4 is 0 Å². The second-order valence-corrected chi connectivity index (χ2v) is 3.92. The highest BCUT2D eigenvalue weighted by molar-refractivity contribution is 5.36. The summed E-state index contributed by atoms with van der Waals surface area (Å²) in [6.07, 6.45) is 1.44. The van der Waals surface area contributed by atoms with Gasteiger partial charge in [0.2, 0.25) is 0 Å². The predicted molar refractivity (Wildman–Crippen MR) is 61.3 cm³/mol. The number of aromatic nitrogens is 3. The molecule has 0 aliphatic carbocycles. The number of aryl methyl sites for hydroxylation is 1. The van der Waals surface area contributed by atoms with Gasteiger partial charge < -0.3 is 5.11 Å². The highest BCUT2D eigenvalue weighted by Crippen LogP contribution is 2.18. The van der Waals surface area contributed by atoms with E-state index in [0.717, 1.165) is 0 Å². The van der Waals surface area contributed by atoms with E-state index in [1.807, 2.05) is 6.92 Å². The Morgan fingerprint density at radius 1 is 1.47 bits per heavy atom. The number of rotatable bonds is 3. The summed E-state index contributed by atoms with van der Waals surface area (Å²) in [5, 5.41) is 17.3. The molecule has 0 aliphatic heterocycles. The van der Waals surface area contributed by atoms with Crippen LogP contribution in [0, 0.1) is 12.7 Å². The molecule has 4 nitrogen and oxygen atoms in total. The highest BCUT2D eigenvalue weighted by Gasteiger charge is 2.13. The first-order valence-electron chi connectivity index (χ1n) is 5.49. The molecule has 1 unspecified atom stereocenters. The van der Waals surface area contributed by atoms with Gasteiger partial charge in [0.05, 0.1) is 12.3 Å². The summed E-state index contributed by atoms with van der Waals surface area (Å²) >= 11 is 0. The second-order valence-electron chi connectivity index (χ2n) is 3.92. The van der Waals surface area contributed by atoms with Crippen molar-refractivity contribution in [3.05, 3.63) is 41.5 Å². The predicted octanol–water partition coefficient (Wildman–Crippen LogP) is 2.16. The molecule has 17 heavy (non-hydrogen) atoms. The van der Waals surface area contributed by atoms with Gasteiger partial charge in [0.15, 0.2) is 5.82 Å². The van der Waals surface area contributed by atoms with Crippen LogP contribution in [-0.2, 0) is 0 Å². The molecule has 1 N–H and O–H groups in total. The fourth-order valence-electron chi connectivity index (χ4n) is 1.57. The number of hydrogen-bond donors (Lipinski definition) is 1. The maximum absolute atomic E-state index is 13.8. The van der Waals surface area contributed by atoms with Crippen LogP contribution in [0.5, 0.6) is 0 Å². The van der Waals surface area contributed by atoms with Crippen molar-refractivity contribution in [2.24, 2.45) is 0 Å². The van der Waals surface area contributed by atoms with Crippen molar-refractivity contribution in [3.8, 4) is 5.69 Å². The molecular formula is C12H14FN3O. The molecule has 0 radical (unpaired) electrons. The monoisotopic (exact) mass is 235 g/mol. The van der Waals surface area contributed by atoms with Gasteiger partial charge in [-0.1, -0.05) is 24.3 Å². The lowest BCUT2D eigenvalue weighted by molar-refractivity contribution is 0.169. The summed E-state index contributed by atoms with van der Waals surface area (Å²) in [5.74, 6) is -0.324. The first-order valence-corrected chi connectivity index (χ1v) is 5.49. The Bertz CT molecular complexity index is 524. The standard InChI is InChI=1S/C12H14FN3O/c1-3-11(17)9-7-16(15-14-9)10-6-4-5-8(2)12(10)13/h4-7,11,17H,3H2,1-2H3. The number of benzene rings is 1. The third kappa shape index (κ3) is 2.19. The van der Waals surface area contributed by atoms with Gasteiger partial charge in [-0.2, -0.15) is 0 Å². The SMILES string of the molecule is CCC(O)c1cn(-c2cccc(C)c2F)nn1. The van der Waals surface area contributed by atoms with Gasteiger partial charge in [-0.05, 0) is 25.0 Å². The number of aliphatic hydroxyl groups excluding tert-OH is 1. The Kier molecular flexibility index (Phi) is 3.19. The minimum absolute atomic E-state index is 0.324. The second kappa shape index (κ2) is 4.63. The van der Waals surface area contributed by atoms with E-state index < -0.39 is 6.10 Å². The molecule has 0 amide bonds. The Morgan fingerprint density at radius 2 is 2.24 bits per heavy atom. The van der Waals surface area contributed by atoms with E-state index in [1.54, 1.807) is 31.3 Å². The Morgan fingerprint density at radius 3 is 2.94 bits per heavy atom. The van der Waals surface area contributed by atoms with Crippen LogP contribution in [0.1, 0.15) is 30.7 Å². The maximum Gasteiger partial charge on any atom is 0.151 e. The third-order valence-electron chi connectivity index (χ3n) is 2.66. The van der Waals surface area contributed by atoms with Gasteiger partial charge in [0.25, 0.3) is 0 Å². The van der Waals surface area contributed by atoms with Crippen molar-refractivity contribution in [1.29, 1.82) is 0 Å². The van der Waals surface area contributed by atoms with E-state index >= 15 is 0 Å². The van der Waals surface area contributed by atoms with Crippen molar-refractivity contribution in [3.63, 3.8) is 0 Å². The minimum atomic E-state index is -0.656. The number of hydrogen-bond acceptors (Lipinski definition) is 3. The van der Waals surface area contributed by atoms with Gasteiger partial charge in [-0.3, -0.25) is 0 Å². The molecule has 2 aromatic rings. The van der Waals surface area contributed by atoms with Gasteiger partial charge in [-0.25, -0.2) is 9.07 Å². The molecule has 0 spiro atoms. The van der Waals surface area contributed by atoms with Gasteiger partial charge >= 0.3 is 0 Å². The molecule has 0 saturated carbocycles. The smallest absolute Gasteiger partial charge is 0.151 e. The number of aliphatic hydroxyl groups is 1. The first kappa shape index (κ1) is 11.7. The summed E-state index contributed by atoms with van der Waals surface area (Å²) in [5.41, 5.74) is 1.34. The zero-order valence-electron chi connectivity index (χ0n) is 9.76. The summed E-state index contributed by atoms with van der Waals surface area (Å²) in [4.78, 5) is 0. The lowest BCUT2D eigenvalue weighted by Gasteiger charge is -2.04. The van der Waals surface area contributed by atoms with Crippen molar-refractivity contribution in [2.45, 2.75) is 26.4 Å². The molecular weight excluding hydrogens is 221 g/mol. The quantitative estimate of drug-likeness (QED) is 0.886. The van der Waals surface area contributed by atoms with E-state index in [1.165, 1.54) is 4.68 Å². The molecule has 1 heterocycles. The van der Waals surface area contributed by atoms with E-state index in [-0.39, 0.29) is 5.82 Å². The van der Waals surface area contributed by atoms with Gasteiger partial charge in [-0.15, -0.1) is 5.10 Å². The number of nitrogens with zero attached hydrogens (tertiary/aromatic N) is 3. The Labute approximate surface area is 98.7 Å². The molecule has 5 heteroatoms. The lowest BCUT2D eigenvalue weighted by atomic mass is 10.2. The highest BCUT2D eigenvalue weighted by atomic mass is 19.1. The fraction of sp³-hybridized carbons (Fsp3) is 0.333. The first-order chi connectivity index (χ1) is 8.13. The van der Waals surface area contributed by atoms with Crippen LogP contribution in [0.4, 0.5) is 4.39 Å². The van der Waals surface area contributed by atoms with Crippen LogP contribution in [0.2, 0.25) is 0 Å². The van der Waals surface area contributed by atoms with E-state index in [9.17, 15) is 9.50 Å². The van der Waals surface area contributed by atoms with Crippen LogP contribution in [0.15, 0.2) is 24.4 Å². The molecule has 0 fully saturated rings. The van der Waals surface area contributed by atoms with Crippen molar-refractivity contribution in [1.82, 2.24) is 15.0 Å². The zero-order valence-corrected chi connectivity index (χ0v) is 9.76. The van der Waals surface area contributed by atoms with Gasteiger partial charge in [0.1, 0.15) is 11.4 Å². The largest absolute Gasteiger partial charge is 0.387 e. The molecule has 0 aliphatic rings. The fourth-order valence-corrected chi connectivity index (χ4v) is 1.57. The molecule has 1 aromatic carbocycles. The molecule has 90 valence electrons. The van der Waals surface area contributed by atoms with Gasteiger partial charge in [0, 0.05) is 0 Å². The Hall–Kier alpha value is -1.75. The van der Waals surface area contributed by atoms with E-state index in [4.69, 9.17) is 0 Å². The minimum Gasteiger partial charge on any atom is -0.387 e. The van der Waals surface area contributed by atoms with Crippen LogP contribution in [0.25, 0.3) is 5.69 Å². The average Bonchev–Trinajstić information content (AvgIpc) is 2.81. The molecule has 1 aromatic heterocycles. The topological polar surface area (TPSA) is 50.9 Å². The van der Waals surface area contributed by atoms with Crippen molar-refractivity contribution < 1.29 is 9.50 Å². The molecule has 0 saturated heterocycles. The summed E-state index contributed by atoms with van der Waals surface area (Å²) in [7, 11) is 0. The van der Waals surface area contributed by atoms with Crippen molar-refractivity contribution in [2.75, 3.05) is 0 Å². The Balaban J connectivity index is 2.40. The van der Waals surface area contributed by atoms with Crippen LogP contribution in [-0.4, -0.2) is 20.1 Å². The van der Waals surface area contributed by atoms with Crippen molar-refractivity contribution >= 4 is 0 Å². The lowest BCUT2D eigenvalue weighted by Crippen LogP contribution is -2.00. The number of halogens is 1. The molecule has 0 bridgehead atoms. The van der Waals surface area contributed by atoms with Crippen LogP contribution in [0.3, 0.4) is 0 Å². The van der Waals surface area contributed by atoms with E-state index in [0.29, 0.717) is 23.4 Å². The van der Waals surface area contributed by atoms with Crippen LogP contribution >= 0.6 is 0 Å². The summed E-state index contributed by atoms with van der Waals surface area (Å²) < 4.78 is 15.2.